The average Bonchev–Trinajstić information content (AvgIpc) is 1.62. The molecule has 1 atom stereocenters. The van der Waals surface area contributed by atoms with E-state index in [-0.39, 0.29) is 38.3 Å². The van der Waals surface area contributed by atoms with E-state index in [1.54, 1.807) is 0 Å². The first-order valence-electron chi connectivity index (χ1n) is 2.20. The Morgan fingerprint density at radius 1 is 1.50 bits per heavy atom. The molecule has 1 N–H and O–H groups in total. The van der Waals surface area contributed by atoms with Crippen LogP contribution in [0.2, 0.25) is 0 Å². The molecule has 0 fully saturated rings. The van der Waals surface area contributed by atoms with Gasteiger partial charge in [0.15, 0.2) is 0 Å². The third-order valence-electron chi connectivity index (χ3n) is 0.614. The Labute approximate surface area is 91.7 Å². The molecule has 0 aromatic rings. The molecule has 7 heteroatoms. The van der Waals surface area contributed by atoms with E-state index in [9.17, 15) is 8.42 Å². The second-order valence-electron chi connectivity index (χ2n) is 1.58. The van der Waals surface area contributed by atoms with Gasteiger partial charge >= 0.3 is 27.3 Å². The molecule has 0 aliphatic carbocycles. The minimum absolute atomic E-state index is 0. The first-order chi connectivity index (χ1) is 3.95. The minimum atomic E-state index is -3.86. The summed E-state index contributed by atoms with van der Waals surface area (Å²) in [6.45, 7) is 0. The van der Waals surface area contributed by atoms with Gasteiger partial charge in [-0.2, -0.15) is 33.7 Å². The fourth-order valence-corrected chi connectivity index (χ4v) is 1.77. The molecule has 1 unspecified atom stereocenters. The van der Waals surface area contributed by atoms with Gasteiger partial charge in [0.2, 0.25) is 0 Å². The average molecular weight is 398 g/mol. The van der Waals surface area contributed by atoms with Crippen LogP contribution in [0.3, 0.4) is 0 Å². The van der Waals surface area contributed by atoms with E-state index < -0.39 is 10.1 Å². The van der Waals surface area contributed by atoms with Crippen molar-refractivity contribution in [2.24, 2.45) is 0 Å². The fourth-order valence-electron chi connectivity index (χ4n) is 0.296. The van der Waals surface area contributed by atoms with Gasteiger partial charge in [0.1, 0.15) is 0 Å². The summed E-state index contributed by atoms with van der Waals surface area (Å²) in [6, 6.07) is 0. The Bertz CT molecular complexity index is 166. The normalized spacial score (nSPS) is 13.9. The molecule has 0 saturated carbocycles. The summed E-state index contributed by atoms with van der Waals surface area (Å²) in [5.41, 5.74) is 0. The van der Waals surface area contributed by atoms with Crippen LogP contribution in [-0.2, 0) is 10.1 Å². The number of hydrogen-bond acceptors (Lipinski definition) is 4. The summed E-state index contributed by atoms with van der Waals surface area (Å²) in [6.07, 6.45) is 0. The molecule has 62 valence electrons. The van der Waals surface area contributed by atoms with E-state index in [1.165, 1.54) is 0 Å². The summed E-state index contributed by atoms with van der Waals surface area (Å²) in [4.78, 5) is 0. The molecule has 0 rings (SSSR count). The van der Waals surface area contributed by atoms with E-state index in [0.717, 1.165) is 0 Å². The predicted molar refractivity (Wildman–Crippen MR) is 51.6 cm³/mol. The monoisotopic (exact) mass is 398 g/mol. The molecule has 10 heavy (non-hydrogen) atoms. The molecule has 0 spiro atoms. The first-order valence-corrected chi connectivity index (χ1v) is 4.95. The second kappa shape index (κ2) is 6.09. The number of thiol groups is 2. The summed E-state index contributed by atoms with van der Waals surface area (Å²) in [7, 11) is -3.86. The van der Waals surface area contributed by atoms with Crippen molar-refractivity contribution in [1.29, 1.82) is 0 Å². The van der Waals surface area contributed by atoms with Gasteiger partial charge in [-0.05, 0) is 0 Å². The van der Waals surface area contributed by atoms with Gasteiger partial charge in [0.05, 0.1) is 5.75 Å². The van der Waals surface area contributed by atoms with Crippen LogP contribution in [0.25, 0.3) is 0 Å². The molecule has 0 amide bonds. The van der Waals surface area contributed by atoms with Crippen LogP contribution in [0.15, 0.2) is 0 Å². The molecule has 3 nitrogen and oxygen atoms in total. The van der Waals surface area contributed by atoms with Gasteiger partial charge in [-0.25, -0.2) is 0 Å². The molecular weight excluding hydrogens is 387 g/mol. The molecule has 0 aromatic carbocycles. The van der Waals surface area contributed by atoms with Gasteiger partial charge in [0.25, 0.3) is 10.1 Å². The molecule has 0 bridgehead atoms. The summed E-state index contributed by atoms with van der Waals surface area (Å²) < 4.78 is 28.4. The molecule has 2 radical (unpaired) electrons. The van der Waals surface area contributed by atoms with E-state index in [4.69, 9.17) is 4.55 Å². The zero-order valence-electron chi connectivity index (χ0n) is 5.27. The zero-order chi connectivity index (χ0) is 7.49. The second-order valence-corrected chi connectivity index (χ2v) is 4.18. The molecule has 0 aromatic heterocycles. The quantitative estimate of drug-likeness (QED) is 0.332. The van der Waals surface area contributed by atoms with Gasteiger partial charge in [-0.3, -0.25) is 4.55 Å². The van der Waals surface area contributed by atoms with E-state index in [1.807, 2.05) is 0 Å². The van der Waals surface area contributed by atoms with Crippen molar-refractivity contribution in [2.45, 2.75) is 5.25 Å². The SMILES string of the molecule is O=S(=O)(O)CC(S)CS.[PbH2]. The Morgan fingerprint density at radius 2 is 1.90 bits per heavy atom. The fraction of sp³-hybridized carbons (Fsp3) is 1.00. The molecule has 0 aliphatic rings. The predicted octanol–water partition coefficient (Wildman–Crippen LogP) is -0.814. The Balaban J connectivity index is 0. The van der Waals surface area contributed by atoms with Crippen LogP contribution in [-0.4, -0.2) is 57.0 Å². The van der Waals surface area contributed by atoms with Crippen LogP contribution in [0.1, 0.15) is 0 Å². The van der Waals surface area contributed by atoms with Crippen LogP contribution in [0.4, 0.5) is 0 Å². The Hall–Kier alpha value is 1.53. The number of rotatable bonds is 3. The first kappa shape index (κ1) is 14.1. The van der Waals surface area contributed by atoms with E-state index in [0.29, 0.717) is 5.75 Å². The molecule has 0 heterocycles. The third kappa shape index (κ3) is 9.53. The van der Waals surface area contributed by atoms with Crippen LogP contribution in [0.5, 0.6) is 0 Å². The van der Waals surface area contributed by atoms with E-state index in [2.05, 4.69) is 25.3 Å². The summed E-state index contributed by atoms with van der Waals surface area (Å²) in [5, 5.41) is -0.386. The molecule has 0 saturated heterocycles. The molecule has 0 aliphatic heterocycles. The number of hydrogen-bond donors (Lipinski definition) is 3. The van der Waals surface area contributed by atoms with Crippen molar-refractivity contribution in [3.63, 3.8) is 0 Å². The summed E-state index contributed by atoms with van der Waals surface area (Å²) in [5.74, 6) is 0.00249. The zero-order valence-corrected chi connectivity index (χ0v) is 13.4. The van der Waals surface area contributed by atoms with Gasteiger partial charge in [0, 0.05) is 11.0 Å². The van der Waals surface area contributed by atoms with Gasteiger partial charge in [-0.15, -0.1) is 0 Å². The van der Waals surface area contributed by atoms with Crippen molar-refractivity contribution in [2.75, 3.05) is 11.5 Å². The molecular formula is C3H10O3PbS3. The van der Waals surface area contributed by atoms with E-state index >= 15 is 0 Å². The van der Waals surface area contributed by atoms with Gasteiger partial charge < -0.3 is 0 Å². The van der Waals surface area contributed by atoms with Crippen LogP contribution < -0.4 is 0 Å². The standard InChI is InChI=1S/C3H8O3S3.Pb.2H/c4-9(5,6)2-3(8)1-7;;;/h3,7-8H,1-2H2,(H,4,5,6);;;. The van der Waals surface area contributed by atoms with Crippen molar-refractivity contribution < 1.29 is 13.0 Å². The maximum atomic E-state index is 10.1. The topological polar surface area (TPSA) is 54.4 Å². The van der Waals surface area contributed by atoms with Crippen molar-refractivity contribution in [3.8, 4) is 0 Å². The summed E-state index contributed by atoms with van der Waals surface area (Å²) >= 11 is 7.58. The van der Waals surface area contributed by atoms with Crippen LogP contribution >= 0.6 is 25.3 Å². The third-order valence-corrected chi connectivity index (χ3v) is 2.78. The van der Waals surface area contributed by atoms with Crippen molar-refractivity contribution >= 4 is 62.7 Å². The van der Waals surface area contributed by atoms with Crippen molar-refractivity contribution in [3.05, 3.63) is 0 Å². The van der Waals surface area contributed by atoms with Crippen molar-refractivity contribution in [1.82, 2.24) is 0 Å². The Morgan fingerprint density at radius 3 is 2.00 bits per heavy atom. The van der Waals surface area contributed by atoms with Crippen LogP contribution in [0, 0.1) is 0 Å². The van der Waals surface area contributed by atoms with Gasteiger partial charge in [-0.1, -0.05) is 0 Å². The Kier molecular flexibility index (Phi) is 8.58. The maximum absolute atomic E-state index is 10.1.